The molecule has 0 fully saturated rings. The molecule has 0 aliphatic heterocycles. The summed E-state index contributed by atoms with van der Waals surface area (Å²) in [4.78, 5) is 4.22. The average molecular weight is 398 g/mol. The minimum Gasteiger partial charge on any atom is -0.495 e. The molecule has 0 saturated heterocycles. The number of benzene rings is 2. The number of imidazole rings is 1. The molecule has 2 aromatic carbocycles. The van der Waals surface area contributed by atoms with Crippen LogP contribution in [0.4, 0.5) is 0 Å². The fourth-order valence-electron chi connectivity index (χ4n) is 2.76. The zero-order valence-electron chi connectivity index (χ0n) is 16.1. The van der Waals surface area contributed by atoms with E-state index >= 15 is 0 Å². The Bertz CT molecular complexity index is 1070. The molecule has 1 aromatic heterocycles. The molecule has 3 aromatic rings. The fourth-order valence-corrected chi connectivity index (χ4v) is 3.63. The molecule has 28 heavy (non-hydrogen) atoms. The summed E-state index contributed by atoms with van der Waals surface area (Å²) in [5, 5.41) is 1.21. The van der Waals surface area contributed by atoms with E-state index in [0.717, 1.165) is 22.5 Å². The van der Waals surface area contributed by atoms with Crippen molar-refractivity contribution in [1.29, 1.82) is 0 Å². The fraction of sp³-hybridized carbons (Fsp3) is 0.190. The van der Waals surface area contributed by atoms with Crippen LogP contribution in [-0.4, -0.2) is 36.4 Å². The first-order chi connectivity index (χ1) is 13.4. The van der Waals surface area contributed by atoms with Gasteiger partial charge in [-0.15, -0.1) is 0 Å². The van der Waals surface area contributed by atoms with Crippen LogP contribution in [0.15, 0.2) is 66.5 Å². The molecule has 0 bridgehead atoms. The van der Waals surface area contributed by atoms with Gasteiger partial charge in [-0.25, -0.2) is 13.4 Å². The van der Waals surface area contributed by atoms with E-state index in [0.29, 0.717) is 12.3 Å². The number of ether oxygens (including phenoxy) is 1. The average Bonchev–Trinajstić information content (AvgIpc) is 3.13. The SMILES string of the molecule is COc1cc(/C=C/S(=O)(=O)N(C)Cc2ccccc2)ccc1-n1cnc(C)c1. The van der Waals surface area contributed by atoms with Crippen molar-refractivity contribution in [1.82, 2.24) is 13.9 Å². The van der Waals surface area contributed by atoms with Gasteiger partial charge in [0.2, 0.25) is 10.0 Å². The highest BCUT2D eigenvalue weighted by atomic mass is 32.2. The lowest BCUT2D eigenvalue weighted by atomic mass is 10.2. The van der Waals surface area contributed by atoms with E-state index in [-0.39, 0.29) is 0 Å². The highest BCUT2D eigenvalue weighted by Crippen LogP contribution is 2.25. The van der Waals surface area contributed by atoms with Gasteiger partial charge in [-0.05, 0) is 36.3 Å². The van der Waals surface area contributed by atoms with Crippen molar-refractivity contribution in [3.63, 3.8) is 0 Å². The maximum atomic E-state index is 12.5. The lowest BCUT2D eigenvalue weighted by molar-refractivity contribution is 0.413. The zero-order chi connectivity index (χ0) is 20.1. The van der Waals surface area contributed by atoms with Gasteiger partial charge in [-0.3, -0.25) is 0 Å². The van der Waals surface area contributed by atoms with Gasteiger partial charge >= 0.3 is 0 Å². The highest BCUT2D eigenvalue weighted by Gasteiger charge is 2.14. The van der Waals surface area contributed by atoms with Crippen LogP contribution < -0.4 is 4.74 Å². The number of sulfonamides is 1. The molecule has 1 heterocycles. The molecule has 0 N–H and O–H groups in total. The van der Waals surface area contributed by atoms with E-state index in [2.05, 4.69) is 4.98 Å². The quantitative estimate of drug-likeness (QED) is 0.611. The van der Waals surface area contributed by atoms with Crippen molar-refractivity contribution >= 4 is 16.1 Å². The minimum atomic E-state index is -3.54. The number of rotatable bonds is 7. The molecule has 0 aliphatic rings. The van der Waals surface area contributed by atoms with Gasteiger partial charge in [0.1, 0.15) is 5.75 Å². The molecule has 7 heteroatoms. The molecule has 0 saturated carbocycles. The number of nitrogens with zero attached hydrogens (tertiary/aromatic N) is 3. The number of methoxy groups -OCH3 is 1. The zero-order valence-corrected chi connectivity index (χ0v) is 16.9. The second kappa shape index (κ2) is 8.41. The smallest absolute Gasteiger partial charge is 0.236 e. The highest BCUT2D eigenvalue weighted by molar-refractivity contribution is 7.92. The lowest BCUT2D eigenvalue weighted by Gasteiger charge is -2.14. The van der Waals surface area contributed by atoms with Crippen LogP contribution in [-0.2, 0) is 16.6 Å². The number of aromatic nitrogens is 2. The van der Waals surface area contributed by atoms with E-state index in [1.807, 2.05) is 60.2 Å². The Balaban J connectivity index is 1.79. The van der Waals surface area contributed by atoms with Gasteiger partial charge < -0.3 is 9.30 Å². The third-order valence-electron chi connectivity index (χ3n) is 4.31. The van der Waals surface area contributed by atoms with Crippen molar-refractivity contribution in [3.05, 3.63) is 83.3 Å². The molecule has 3 rings (SSSR count). The summed E-state index contributed by atoms with van der Waals surface area (Å²) in [6.07, 6.45) is 5.18. The van der Waals surface area contributed by atoms with Gasteiger partial charge in [0.15, 0.2) is 0 Å². The maximum Gasteiger partial charge on any atom is 0.236 e. The van der Waals surface area contributed by atoms with E-state index in [9.17, 15) is 8.42 Å². The predicted octanol–water partition coefficient (Wildman–Crippen LogP) is 3.62. The summed E-state index contributed by atoms with van der Waals surface area (Å²) in [5.41, 5.74) is 3.40. The number of aryl methyl sites for hydroxylation is 1. The first-order valence-electron chi connectivity index (χ1n) is 8.76. The van der Waals surface area contributed by atoms with Gasteiger partial charge in [0.25, 0.3) is 0 Å². The molecular weight excluding hydrogens is 374 g/mol. The Morgan fingerprint density at radius 1 is 1.18 bits per heavy atom. The predicted molar refractivity (Wildman–Crippen MR) is 111 cm³/mol. The monoisotopic (exact) mass is 397 g/mol. The number of hydrogen-bond acceptors (Lipinski definition) is 4. The minimum absolute atomic E-state index is 0.315. The Kier molecular flexibility index (Phi) is 5.96. The maximum absolute atomic E-state index is 12.5. The standard InChI is InChI=1S/C21H23N3O3S/c1-17-14-24(16-22-17)20-10-9-18(13-21(20)27-3)11-12-28(25,26)23(2)15-19-7-5-4-6-8-19/h4-14,16H,15H2,1-3H3/b12-11+. The summed E-state index contributed by atoms with van der Waals surface area (Å²) in [7, 11) is -0.387. The molecule has 0 aliphatic carbocycles. The molecule has 0 amide bonds. The summed E-state index contributed by atoms with van der Waals surface area (Å²) in [6, 6.07) is 15.0. The lowest BCUT2D eigenvalue weighted by Crippen LogP contribution is -2.24. The molecule has 0 radical (unpaired) electrons. The normalized spacial score (nSPS) is 12.0. The summed E-state index contributed by atoms with van der Waals surface area (Å²) < 4.78 is 33.7. The molecule has 0 spiro atoms. The van der Waals surface area contributed by atoms with Gasteiger partial charge in [0, 0.05) is 25.2 Å². The first-order valence-corrected chi connectivity index (χ1v) is 10.3. The third-order valence-corrected chi connectivity index (χ3v) is 5.79. The number of hydrogen-bond donors (Lipinski definition) is 0. The first kappa shape index (κ1) is 19.9. The summed E-state index contributed by atoms with van der Waals surface area (Å²) in [6.45, 7) is 2.23. The van der Waals surface area contributed by atoms with E-state index in [4.69, 9.17) is 4.74 Å². The molecule has 146 valence electrons. The van der Waals surface area contributed by atoms with Crippen LogP contribution in [0.3, 0.4) is 0 Å². The van der Waals surface area contributed by atoms with Crippen molar-refractivity contribution in [2.75, 3.05) is 14.2 Å². The molecular formula is C21H23N3O3S. The van der Waals surface area contributed by atoms with Crippen LogP contribution in [0, 0.1) is 6.92 Å². The molecule has 0 atom stereocenters. The van der Waals surface area contributed by atoms with Crippen molar-refractivity contribution < 1.29 is 13.2 Å². The Morgan fingerprint density at radius 2 is 1.93 bits per heavy atom. The summed E-state index contributed by atoms with van der Waals surface area (Å²) in [5.74, 6) is 0.634. The van der Waals surface area contributed by atoms with Crippen LogP contribution >= 0.6 is 0 Å². The Morgan fingerprint density at radius 3 is 2.57 bits per heavy atom. The van der Waals surface area contributed by atoms with E-state index < -0.39 is 10.0 Å². The Labute approximate surface area is 165 Å². The second-order valence-corrected chi connectivity index (χ2v) is 8.37. The Hall–Kier alpha value is -2.90. The third kappa shape index (κ3) is 4.68. The van der Waals surface area contributed by atoms with Gasteiger partial charge in [0.05, 0.1) is 24.8 Å². The van der Waals surface area contributed by atoms with Crippen LogP contribution in [0.1, 0.15) is 16.8 Å². The van der Waals surface area contributed by atoms with Crippen LogP contribution in [0.25, 0.3) is 11.8 Å². The molecule has 0 unspecified atom stereocenters. The van der Waals surface area contributed by atoms with Crippen molar-refractivity contribution in [2.45, 2.75) is 13.5 Å². The van der Waals surface area contributed by atoms with Crippen molar-refractivity contribution in [3.8, 4) is 11.4 Å². The van der Waals surface area contributed by atoms with E-state index in [1.165, 1.54) is 9.71 Å². The van der Waals surface area contributed by atoms with Gasteiger partial charge in [-0.2, -0.15) is 4.31 Å². The van der Waals surface area contributed by atoms with Crippen molar-refractivity contribution in [2.24, 2.45) is 0 Å². The largest absolute Gasteiger partial charge is 0.495 e. The summed E-state index contributed by atoms with van der Waals surface area (Å²) >= 11 is 0. The topological polar surface area (TPSA) is 64.4 Å². The van der Waals surface area contributed by atoms with Crippen LogP contribution in [0.5, 0.6) is 5.75 Å². The van der Waals surface area contributed by atoms with Gasteiger partial charge in [-0.1, -0.05) is 36.4 Å². The van der Waals surface area contributed by atoms with Crippen LogP contribution in [0.2, 0.25) is 0 Å². The molecule has 6 nitrogen and oxygen atoms in total. The van der Waals surface area contributed by atoms with E-state index in [1.54, 1.807) is 32.6 Å². The second-order valence-electron chi connectivity index (χ2n) is 6.44.